The van der Waals surface area contributed by atoms with Crippen LogP contribution in [0.2, 0.25) is 0 Å². The van der Waals surface area contributed by atoms with Crippen LogP contribution in [0, 0.1) is 0 Å². The lowest BCUT2D eigenvalue weighted by molar-refractivity contribution is -0.167. The third-order valence-electron chi connectivity index (χ3n) is 14.1. The van der Waals surface area contributed by atoms with E-state index < -0.39 is 6.10 Å². The largest absolute Gasteiger partial charge is 0.462 e. The molecule has 0 heterocycles. The Morgan fingerprint density at radius 3 is 0.778 bits per heavy atom. The van der Waals surface area contributed by atoms with Crippen molar-refractivity contribution >= 4 is 17.9 Å². The number of ether oxygens (including phenoxy) is 3. The van der Waals surface area contributed by atoms with Gasteiger partial charge in [0, 0.05) is 19.3 Å². The van der Waals surface area contributed by atoms with Crippen LogP contribution in [-0.2, 0) is 28.6 Å². The van der Waals surface area contributed by atoms with Gasteiger partial charge in [-0.2, -0.15) is 0 Å². The summed E-state index contributed by atoms with van der Waals surface area (Å²) in [5.74, 6) is -0.903. The van der Waals surface area contributed by atoms with E-state index in [1.807, 2.05) is 0 Å². The van der Waals surface area contributed by atoms with Gasteiger partial charge >= 0.3 is 17.9 Å². The summed E-state index contributed by atoms with van der Waals surface area (Å²) in [6, 6.07) is 0. The smallest absolute Gasteiger partial charge is 0.306 e. The summed E-state index contributed by atoms with van der Waals surface area (Å²) < 4.78 is 16.9. The first-order chi connectivity index (χ1) is 40.0. The number of esters is 3. The normalized spacial score (nSPS) is 13.0. The minimum absolute atomic E-state index is 0.0862. The lowest BCUT2D eigenvalue weighted by Gasteiger charge is -2.18. The zero-order chi connectivity index (χ0) is 58.5. The van der Waals surface area contributed by atoms with Crippen LogP contribution >= 0.6 is 0 Å². The van der Waals surface area contributed by atoms with E-state index in [1.165, 1.54) is 122 Å². The Hall–Kier alpha value is -4.45. The molecule has 460 valence electrons. The molecule has 6 heteroatoms. The Kier molecular flexibility index (Phi) is 64.3. The van der Waals surface area contributed by atoms with Gasteiger partial charge < -0.3 is 14.2 Å². The third-order valence-corrected chi connectivity index (χ3v) is 14.1. The van der Waals surface area contributed by atoms with Gasteiger partial charge in [0.2, 0.25) is 0 Å². The van der Waals surface area contributed by atoms with Crippen molar-refractivity contribution in [3.63, 3.8) is 0 Å². The van der Waals surface area contributed by atoms with Crippen molar-refractivity contribution in [2.24, 2.45) is 0 Å². The zero-order valence-electron chi connectivity index (χ0n) is 52.8. The molecule has 1 unspecified atom stereocenters. The summed E-state index contributed by atoms with van der Waals surface area (Å²) in [5, 5.41) is 0. The number of carbonyl (C=O) groups is 3. The second-order valence-electron chi connectivity index (χ2n) is 22.0. The standard InChI is InChI=1S/C75H124O6/c1-4-7-10-13-16-19-22-24-26-28-30-31-32-33-34-35-36-37-38-39-40-41-42-43-45-46-48-50-53-56-59-62-65-68-74(77)80-71-72(70-79-73(76)67-64-61-58-55-52-21-18-15-12-9-6-3)81-75(78)69-66-63-60-57-54-51-49-47-44-29-27-25-23-20-17-14-11-8-5-2/h7,10,16-17,19-20,24-27,30-31,33-34,36-37,39-40,42-44,47,72H,4-6,8-9,11-15,18,21-23,28-29,32,35,38,41,45-46,48-71H2,1-3H3/b10-7-,19-16-,20-17-,26-24-,27-25-,31-30-,34-33-,37-36-,40-39-,43-42-,47-44-. The van der Waals surface area contributed by atoms with Crippen LogP contribution in [0.3, 0.4) is 0 Å². The highest BCUT2D eigenvalue weighted by Crippen LogP contribution is 2.16. The molecule has 0 amide bonds. The SMILES string of the molecule is CC/C=C\C/C=C\C/C=C\C/C=C\C/C=C\C/C=C\C/C=C\C/C=C\CCCCCCCCCCC(=O)OCC(COC(=O)CCCCCCCCCCCCC)OC(=O)CCCCCCCC/C=C\C/C=C\C/C=C\CCCCC. The summed E-state index contributed by atoms with van der Waals surface area (Å²) >= 11 is 0. The first-order valence-electron chi connectivity index (χ1n) is 33.7. The Balaban J connectivity index is 4.28. The third kappa shape index (κ3) is 66.2. The number of rotatable bonds is 60. The first kappa shape index (κ1) is 76.5. The van der Waals surface area contributed by atoms with Gasteiger partial charge in [0.15, 0.2) is 6.10 Å². The van der Waals surface area contributed by atoms with E-state index in [0.29, 0.717) is 19.3 Å². The number of allylic oxidation sites excluding steroid dienone is 22. The van der Waals surface area contributed by atoms with Gasteiger partial charge in [-0.1, -0.05) is 296 Å². The second-order valence-corrected chi connectivity index (χ2v) is 22.0. The average molecular weight is 1120 g/mol. The molecule has 0 aromatic rings. The fraction of sp³-hybridized carbons (Fsp3) is 0.667. The van der Waals surface area contributed by atoms with Gasteiger partial charge in [0.05, 0.1) is 0 Å². The van der Waals surface area contributed by atoms with Crippen molar-refractivity contribution < 1.29 is 28.6 Å². The van der Waals surface area contributed by atoms with Crippen LogP contribution in [-0.4, -0.2) is 37.2 Å². The van der Waals surface area contributed by atoms with E-state index in [0.717, 1.165) is 141 Å². The van der Waals surface area contributed by atoms with Crippen LogP contribution in [0.25, 0.3) is 0 Å². The van der Waals surface area contributed by atoms with Gasteiger partial charge in [0.25, 0.3) is 0 Å². The molecule has 0 saturated heterocycles. The molecule has 0 aliphatic carbocycles. The first-order valence-corrected chi connectivity index (χ1v) is 33.7. The maximum absolute atomic E-state index is 12.9. The average Bonchev–Trinajstić information content (AvgIpc) is 3.47. The molecule has 0 N–H and O–H groups in total. The van der Waals surface area contributed by atoms with Gasteiger partial charge in [-0.15, -0.1) is 0 Å². The molecule has 0 fully saturated rings. The van der Waals surface area contributed by atoms with Crippen molar-refractivity contribution in [1.29, 1.82) is 0 Å². The lowest BCUT2D eigenvalue weighted by atomic mass is 10.1. The summed E-state index contributed by atoms with van der Waals surface area (Å²) in [5.41, 5.74) is 0. The molecule has 81 heavy (non-hydrogen) atoms. The van der Waals surface area contributed by atoms with E-state index in [1.54, 1.807) is 0 Å². The van der Waals surface area contributed by atoms with Gasteiger partial charge in [-0.05, 0) is 122 Å². The molecule has 0 spiro atoms. The molecule has 1 atom stereocenters. The Labute approximate surface area is 500 Å². The minimum Gasteiger partial charge on any atom is -0.462 e. The Morgan fingerprint density at radius 1 is 0.259 bits per heavy atom. The number of unbranched alkanes of at least 4 members (excludes halogenated alkanes) is 27. The van der Waals surface area contributed by atoms with Crippen molar-refractivity contribution in [2.45, 2.75) is 309 Å². The summed E-state index contributed by atoms with van der Waals surface area (Å²) in [6.07, 6.45) is 96.0. The van der Waals surface area contributed by atoms with E-state index in [9.17, 15) is 14.4 Å². The van der Waals surface area contributed by atoms with E-state index >= 15 is 0 Å². The quantitative estimate of drug-likeness (QED) is 0.0261. The fourth-order valence-electron chi connectivity index (χ4n) is 9.11. The minimum atomic E-state index is -0.791. The van der Waals surface area contributed by atoms with Gasteiger partial charge in [0.1, 0.15) is 13.2 Å². The maximum atomic E-state index is 12.9. The number of hydrogen-bond donors (Lipinski definition) is 0. The Morgan fingerprint density at radius 2 is 0.481 bits per heavy atom. The van der Waals surface area contributed by atoms with Gasteiger partial charge in [-0.25, -0.2) is 0 Å². The van der Waals surface area contributed by atoms with Crippen LogP contribution in [0.1, 0.15) is 303 Å². The lowest BCUT2D eigenvalue weighted by Crippen LogP contribution is -2.30. The molecule has 0 aromatic heterocycles. The van der Waals surface area contributed by atoms with Crippen molar-refractivity contribution in [3.8, 4) is 0 Å². The molecule has 0 aliphatic heterocycles. The van der Waals surface area contributed by atoms with E-state index in [-0.39, 0.29) is 31.1 Å². The predicted molar refractivity (Wildman–Crippen MR) is 353 cm³/mol. The van der Waals surface area contributed by atoms with Crippen molar-refractivity contribution in [2.75, 3.05) is 13.2 Å². The highest BCUT2D eigenvalue weighted by molar-refractivity contribution is 5.71. The second kappa shape index (κ2) is 68.1. The molecule has 0 aliphatic rings. The van der Waals surface area contributed by atoms with Crippen LogP contribution in [0.4, 0.5) is 0 Å². The molecule has 6 nitrogen and oxygen atoms in total. The van der Waals surface area contributed by atoms with E-state index in [4.69, 9.17) is 14.2 Å². The highest BCUT2D eigenvalue weighted by atomic mass is 16.6. The van der Waals surface area contributed by atoms with Crippen molar-refractivity contribution in [1.82, 2.24) is 0 Å². The fourth-order valence-corrected chi connectivity index (χ4v) is 9.11. The highest BCUT2D eigenvalue weighted by Gasteiger charge is 2.19. The molecular weight excluding hydrogens is 997 g/mol. The molecule has 0 saturated carbocycles. The summed E-state index contributed by atoms with van der Waals surface area (Å²) in [6.45, 7) is 6.49. The molecular formula is C75H124O6. The molecule has 0 aromatic carbocycles. The molecule has 0 rings (SSSR count). The molecule has 0 radical (unpaired) electrons. The van der Waals surface area contributed by atoms with Gasteiger partial charge in [-0.3, -0.25) is 14.4 Å². The zero-order valence-corrected chi connectivity index (χ0v) is 52.8. The number of carbonyl (C=O) groups excluding carboxylic acids is 3. The predicted octanol–water partition coefficient (Wildman–Crippen LogP) is 23.3. The maximum Gasteiger partial charge on any atom is 0.306 e. The van der Waals surface area contributed by atoms with Crippen LogP contribution in [0.5, 0.6) is 0 Å². The van der Waals surface area contributed by atoms with Crippen LogP contribution in [0.15, 0.2) is 134 Å². The number of hydrogen-bond acceptors (Lipinski definition) is 6. The summed E-state index contributed by atoms with van der Waals surface area (Å²) in [7, 11) is 0. The summed E-state index contributed by atoms with van der Waals surface area (Å²) in [4.78, 5) is 38.3. The van der Waals surface area contributed by atoms with Crippen molar-refractivity contribution in [3.05, 3.63) is 134 Å². The Bertz CT molecular complexity index is 1720. The molecule has 0 bridgehead atoms. The van der Waals surface area contributed by atoms with E-state index in [2.05, 4.69) is 154 Å². The topological polar surface area (TPSA) is 78.9 Å². The monoisotopic (exact) mass is 1120 g/mol. The van der Waals surface area contributed by atoms with Crippen LogP contribution < -0.4 is 0 Å².